The fraction of sp³-hybridized carbons (Fsp3) is 0.462. The summed E-state index contributed by atoms with van der Waals surface area (Å²) < 4.78 is 5.59. The molecule has 0 unspecified atom stereocenters. The fourth-order valence-corrected chi connectivity index (χ4v) is 2.46. The molecule has 0 radical (unpaired) electrons. The highest BCUT2D eigenvalue weighted by Crippen LogP contribution is 2.37. The van der Waals surface area contributed by atoms with E-state index in [0.29, 0.717) is 0 Å². The summed E-state index contributed by atoms with van der Waals surface area (Å²) in [7, 11) is 1.77. The molecule has 0 aliphatic heterocycles. The standard InChI is InChI=1S/C13H16N2O2/c1-17-13(5-2-6-13)8-12-14-10-4-3-9(16)7-11(10)15-12/h3-4,7,16H,2,5-6,8H2,1H3,(H,14,15). The van der Waals surface area contributed by atoms with Gasteiger partial charge in [-0.3, -0.25) is 0 Å². The minimum Gasteiger partial charge on any atom is -0.508 e. The van der Waals surface area contributed by atoms with Crippen LogP contribution < -0.4 is 0 Å². The Morgan fingerprint density at radius 1 is 1.47 bits per heavy atom. The lowest BCUT2D eigenvalue weighted by atomic mass is 9.77. The number of hydrogen-bond donors (Lipinski definition) is 2. The molecular formula is C13H16N2O2. The van der Waals surface area contributed by atoms with Gasteiger partial charge < -0.3 is 14.8 Å². The molecule has 1 fully saturated rings. The van der Waals surface area contributed by atoms with Crippen LogP contribution in [0.15, 0.2) is 18.2 Å². The van der Waals surface area contributed by atoms with Gasteiger partial charge >= 0.3 is 0 Å². The molecule has 90 valence electrons. The number of imidazole rings is 1. The molecule has 1 saturated carbocycles. The van der Waals surface area contributed by atoms with E-state index in [-0.39, 0.29) is 11.4 Å². The van der Waals surface area contributed by atoms with Gasteiger partial charge in [0.15, 0.2) is 0 Å². The number of nitrogens with one attached hydrogen (secondary N) is 1. The highest BCUT2D eigenvalue weighted by molar-refractivity contribution is 5.76. The number of ether oxygens (including phenoxy) is 1. The lowest BCUT2D eigenvalue weighted by Gasteiger charge is -2.39. The second kappa shape index (κ2) is 3.74. The van der Waals surface area contributed by atoms with Gasteiger partial charge in [-0.1, -0.05) is 0 Å². The number of aromatic hydroxyl groups is 1. The van der Waals surface area contributed by atoms with Gasteiger partial charge in [-0.15, -0.1) is 0 Å². The smallest absolute Gasteiger partial charge is 0.117 e. The van der Waals surface area contributed by atoms with E-state index in [2.05, 4.69) is 9.97 Å². The maximum Gasteiger partial charge on any atom is 0.117 e. The van der Waals surface area contributed by atoms with Crippen molar-refractivity contribution >= 4 is 11.0 Å². The Balaban J connectivity index is 1.90. The fourth-order valence-electron chi connectivity index (χ4n) is 2.46. The number of nitrogens with zero attached hydrogens (tertiary/aromatic N) is 1. The van der Waals surface area contributed by atoms with Crippen LogP contribution in [0.2, 0.25) is 0 Å². The summed E-state index contributed by atoms with van der Waals surface area (Å²) in [5.41, 5.74) is 1.75. The van der Waals surface area contributed by atoms with Crippen molar-refractivity contribution in [2.45, 2.75) is 31.3 Å². The first-order valence-corrected chi connectivity index (χ1v) is 5.94. The van der Waals surface area contributed by atoms with Crippen molar-refractivity contribution in [1.29, 1.82) is 0 Å². The Hall–Kier alpha value is -1.55. The molecule has 17 heavy (non-hydrogen) atoms. The van der Waals surface area contributed by atoms with Gasteiger partial charge in [-0.2, -0.15) is 0 Å². The number of rotatable bonds is 3. The number of phenolic OH excluding ortho intramolecular Hbond substituents is 1. The maximum atomic E-state index is 9.40. The van der Waals surface area contributed by atoms with Crippen molar-refractivity contribution in [1.82, 2.24) is 9.97 Å². The van der Waals surface area contributed by atoms with E-state index >= 15 is 0 Å². The third-order valence-corrected chi connectivity index (χ3v) is 3.70. The van der Waals surface area contributed by atoms with Gasteiger partial charge in [0.25, 0.3) is 0 Å². The lowest BCUT2D eigenvalue weighted by molar-refractivity contribution is -0.0719. The Bertz CT molecular complexity index is 538. The molecule has 1 aromatic heterocycles. The number of benzene rings is 1. The van der Waals surface area contributed by atoms with Gasteiger partial charge in [0, 0.05) is 19.6 Å². The molecular weight excluding hydrogens is 216 g/mol. The van der Waals surface area contributed by atoms with Crippen LogP contribution in [-0.2, 0) is 11.2 Å². The number of aromatic nitrogens is 2. The number of hydrogen-bond acceptors (Lipinski definition) is 3. The zero-order chi connectivity index (χ0) is 11.9. The quantitative estimate of drug-likeness (QED) is 0.854. The summed E-state index contributed by atoms with van der Waals surface area (Å²) >= 11 is 0. The summed E-state index contributed by atoms with van der Waals surface area (Å²) in [6.07, 6.45) is 4.26. The average Bonchev–Trinajstić information content (AvgIpc) is 2.65. The summed E-state index contributed by atoms with van der Waals surface area (Å²) in [5.74, 6) is 1.20. The van der Waals surface area contributed by atoms with Crippen LogP contribution in [0, 0.1) is 0 Å². The molecule has 0 atom stereocenters. The molecule has 3 rings (SSSR count). The third-order valence-electron chi connectivity index (χ3n) is 3.70. The molecule has 2 N–H and O–H groups in total. The molecule has 0 bridgehead atoms. The van der Waals surface area contributed by atoms with Crippen LogP contribution in [0.25, 0.3) is 11.0 Å². The first kappa shape index (κ1) is 10.6. The van der Waals surface area contributed by atoms with E-state index < -0.39 is 0 Å². The predicted molar refractivity (Wildman–Crippen MR) is 65.1 cm³/mol. The van der Waals surface area contributed by atoms with Gasteiger partial charge in [-0.25, -0.2) is 4.98 Å². The van der Waals surface area contributed by atoms with E-state index in [0.717, 1.165) is 36.1 Å². The minimum atomic E-state index is -0.0179. The van der Waals surface area contributed by atoms with E-state index in [1.165, 1.54) is 6.42 Å². The highest BCUT2D eigenvalue weighted by Gasteiger charge is 2.37. The van der Waals surface area contributed by atoms with Crippen molar-refractivity contribution in [3.8, 4) is 5.75 Å². The molecule has 0 spiro atoms. The Morgan fingerprint density at radius 3 is 2.94 bits per heavy atom. The van der Waals surface area contributed by atoms with Crippen molar-refractivity contribution in [2.75, 3.05) is 7.11 Å². The average molecular weight is 232 g/mol. The number of H-pyrrole nitrogens is 1. The molecule has 1 heterocycles. The van der Waals surface area contributed by atoms with Crippen LogP contribution in [0.3, 0.4) is 0 Å². The van der Waals surface area contributed by atoms with Crippen LogP contribution in [-0.4, -0.2) is 27.8 Å². The zero-order valence-corrected chi connectivity index (χ0v) is 9.86. The van der Waals surface area contributed by atoms with Crippen LogP contribution in [0.1, 0.15) is 25.1 Å². The largest absolute Gasteiger partial charge is 0.508 e. The molecule has 4 heteroatoms. The Morgan fingerprint density at radius 2 is 2.29 bits per heavy atom. The Labute approximate surface area is 99.6 Å². The molecule has 0 amide bonds. The summed E-state index contributed by atoms with van der Waals surface area (Å²) in [6, 6.07) is 5.18. The van der Waals surface area contributed by atoms with Crippen molar-refractivity contribution < 1.29 is 9.84 Å². The SMILES string of the molecule is COC1(Cc2nc3ccc(O)cc3[nH]2)CCC1. The van der Waals surface area contributed by atoms with Crippen molar-refractivity contribution in [3.63, 3.8) is 0 Å². The molecule has 1 aromatic carbocycles. The normalized spacial score (nSPS) is 18.2. The van der Waals surface area contributed by atoms with Crippen molar-refractivity contribution in [2.24, 2.45) is 0 Å². The van der Waals surface area contributed by atoms with Gasteiger partial charge in [0.2, 0.25) is 0 Å². The lowest BCUT2D eigenvalue weighted by Crippen LogP contribution is -2.41. The monoisotopic (exact) mass is 232 g/mol. The van der Waals surface area contributed by atoms with E-state index in [1.807, 2.05) is 6.07 Å². The Kier molecular flexibility index (Phi) is 2.33. The van der Waals surface area contributed by atoms with Gasteiger partial charge in [-0.05, 0) is 31.4 Å². The molecule has 4 nitrogen and oxygen atoms in total. The van der Waals surface area contributed by atoms with Crippen LogP contribution in [0.4, 0.5) is 0 Å². The number of aromatic amines is 1. The summed E-state index contributed by atoms with van der Waals surface area (Å²) in [6.45, 7) is 0. The van der Waals surface area contributed by atoms with E-state index in [9.17, 15) is 5.11 Å². The number of phenols is 1. The second-order valence-corrected chi connectivity index (χ2v) is 4.80. The molecule has 0 saturated heterocycles. The van der Waals surface area contributed by atoms with Crippen molar-refractivity contribution in [3.05, 3.63) is 24.0 Å². The topological polar surface area (TPSA) is 58.1 Å². The highest BCUT2D eigenvalue weighted by atomic mass is 16.5. The van der Waals surface area contributed by atoms with Crippen LogP contribution in [0.5, 0.6) is 5.75 Å². The van der Waals surface area contributed by atoms with Gasteiger partial charge in [0.05, 0.1) is 16.6 Å². The summed E-state index contributed by atoms with van der Waals surface area (Å²) in [5, 5.41) is 9.40. The second-order valence-electron chi connectivity index (χ2n) is 4.80. The van der Waals surface area contributed by atoms with Crippen LogP contribution >= 0.6 is 0 Å². The minimum absolute atomic E-state index is 0.0179. The number of methoxy groups -OCH3 is 1. The maximum absolute atomic E-state index is 9.40. The predicted octanol–water partition coefficient (Wildman–Crippen LogP) is 2.38. The van der Waals surface area contributed by atoms with Gasteiger partial charge in [0.1, 0.15) is 11.6 Å². The first-order chi connectivity index (χ1) is 8.21. The molecule has 1 aliphatic rings. The number of fused-ring (bicyclic) bond motifs is 1. The van der Waals surface area contributed by atoms with E-state index in [4.69, 9.17) is 4.74 Å². The summed E-state index contributed by atoms with van der Waals surface area (Å²) in [4.78, 5) is 7.77. The zero-order valence-electron chi connectivity index (χ0n) is 9.86. The molecule has 2 aromatic rings. The molecule has 1 aliphatic carbocycles. The first-order valence-electron chi connectivity index (χ1n) is 5.94. The van der Waals surface area contributed by atoms with E-state index in [1.54, 1.807) is 19.2 Å². The third kappa shape index (κ3) is 1.78.